The summed E-state index contributed by atoms with van der Waals surface area (Å²) in [5.41, 5.74) is 6.33. The van der Waals surface area contributed by atoms with E-state index in [9.17, 15) is 0 Å². The standard InChI is InChI=1S/C6H10N2OS/c1-4(9-2)5-3-10-6(7)8-5/h3-4H,1-2H3,(H2,7,8). The molecule has 1 unspecified atom stereocenters. The van der Waals surface area contributed by atoms with Crippen molar-refractivity contribution in [1.82, 2.24) is 4.98 Å². The van der Waals surface area contributed by atoms with Gasteiger partial charge in [-0.15, -0.1) is 11.3 Å². The lowest BCUT2D eigenvalue weighted by Crippen LogP contribution is -1.96. The molecule has 0 saturated carbocycles. The molecule has 0 aliphatic carbocycles. The third-order valence-corrected chi connectivity index (χ3v) is 2.00. The fraction of sp³-hybridized carbons (Fsp3) is 0.500. The van der Waals surface area contributed by atoms with Crippen molar-refractivity contribution in [2.24, 2.45) is 0 Å². The number of methoxy groups -OCH3 is 1. The number of nitrogens with zero attached hydrogens (tertiary/aromatic N) is 1. The van der Waals surface area contributed by atoms with Crippen LogP contribution in [0.3, 0.4) is 0 Å². The van der Waals surface area contributed by atoms with Gasteiger partial charge < -0.3 is 10.5 Å². The molecule has 0 radical (unpaired) electrons. The molecule has 1 rings (SSSR count). The number of aromatic nitrogens is 1. The second-order valence-corrected chi connectivity index (χ2v) is 2.88. The van der Waals surface area contributed by atoms with Crippen molar-refractivity contribution < 1.29 is 4.74 Å². The Morgan fingerprint density at radius 2 is 2.50 bits per heavy atom. The Hall–Kier alpha value is -0.610. The maximum Gasteiger partial charge on any atom is 0.180 e. The highest BCUT2D eigenvalue weighted by Crippen LogP contribution is 2.19. The first kappa shape index (κ1) is 7.50. The van der Waals surface area contributed by atoms with Crippen molar-refractivity contribution in [1.29, 1.82) is 0 Å². The molecular weight excluding hydrogens is 148 g/mol. The summed E-state index contributed by atoms with van der Waals surface area (Å²) in [7, 11) is 1.65. The van der Waals surface area contributed by atoms with Crippen LogP contribution in [-0.4, -0.2) is 12.1 Å². The lowest BCUT2D eigenvalue weighted by Gasteiger charge is -2.03. The molecule has 4 heteroatoms. The molecule has 0 aromatic carbocycles. The van der Waals surface area contributed by atoms with E-state index in [4.69, 9.17) is 10.5 Å². The van der Waals surface area contributed by atoms with Gasteiger partial charge in [0.1, 0.15) is 0 Å². The predicted molar refractivity (Wildman–Crippen MR) is 42.0 cm³/mol. The number of nitrogens with two attached hydrogens (primary N) is 1. The summed E-state index contributed by atoms with van der Waals surface area (Å²) in [4.78, 5) is 4.05. The second-order valence-electron chi connectivity index (χ2n) is 1.99. The van der Waals surface area contributed by atoms with Gasteiger partial charge in [0.2, 0.25) is 0 Å². The van der Waals surface area contributed by atoms with Crippen LogP contribution < -0.4 is 5.73 Å². The van der Waals surface area contributed by atoms with E-state index in [1.54, 1.807) is 7.11 Å². The lowest BCUT2D eigenvalue weighted by molar-refractivity contribution is 0.116. The zero-order valence-corrected chi connectivity index (χ0v) is 6.81. The monoisotopic (exact) mass is 158 g/mol. The first-order chi connectivity index (χ1) is 4.74. The van der Waals surface area contributed by atoms with Crippen LogP contribution in [-0.2, 0) is 4.74 Å². The minimum atomic E-state index is 0.0496. The molecule has 0 aliphatic heterocycles. The fourth-order valence-electron chi connectivity index (χ4n) is 0.608. The van der Waals surface area contributed by atoms with Gasteiger partial charge in [-0.05, 0) is 6.92 Å². The largest absolute Gasteiger partial charge is 0.375 e. The Kier molecular flexibility index (Phi) is 2.24. The molecule has 10 heavy (non-hydrogen) atoms. The van der Waals surface area contributed by atoms with Crippen molar-refractivity contribution in [3.05, 3.63) is 11.1 Å². The van der Waals surface area contributed by atoms with Gasteiger partial charge in [0.15, 0.2) is 5.13 Å². The summed E-state index contributed by atoms with van der Waals surface area (Å²) in [6, 6.07) is 0. The van der Waals surface area contributed by atoms with Gasteiger partial charge >= 0.3 is 0 Å². The fourth-order valence-corrected chi connectivity index (χ4v) is 1.25. The number of anilines is 1. The number of hydrogen-bond acceptors (Lipinski definition) is 4. The number of nitrogen functional groups attached to an aromatic ring is 1. The average molecular weight is 158 g/mol. The molecule has 3 nitrogen and oxygen atoms in total. The van der Waals surface area contributed by atoms with Crippen molar-refractivity contribution in [3.8, 4) is 0 Å². The normalized spacial score (nSPS) is 13.4. The van der Waals surface area contributed by atoms with E-state index in [0.29, 0.717) is 5.13 Å². The Labute approximate surface area is 63.8 Å². The Morgan fingerprint density at radius 3 is 2.90 bits per heavy atom. The van der Waals surface area contributed by atoms with Crippen LogP contribution in [0.25, 0.3) is 0 Å². The average Bonchev–Trinajstić information content (AvgIpc) is 2.34. The number of thiazole rings is 1. The van der Waals surface area contributed by atoms with E-state index in [0.717, 1.165) is 5.69 Å². The van der Waals surface area contributed by atoms with Crippen LogP contribution in [0.2, 0.25) is 0 Å². The number of hydrogen-bond donors (Lipinski definition) is 1. The van der Waals surface area contributed by atoms with Crippen molar-refractivity contribution in [2.75, 3.05) is 12.8 Å². The molecule has 0 fully saturated rings. The van der Waals surface area contributed by atoms with Crippen molar-refractivity contribution in [2.45, 2.75) is 13.0 Å². The van der Waals surface area contributed by atoms with Crippen LogP contribution in [0.5, 0.6) is 0 Å². The van der Waals surface area contributed by atoms with E-state index in [1.165, 1.54) is 11.3 Å². The molecule has 56 valence electrons. The molecule has 1 atom stereocenters. The predicted octanol–water partition coefficient (Wildman–Crippen LogP) is 1.43. The highest BCUT2D eigenvalue weighted by atomic mass is 32.1. The van der Waals surface area contributed by atoms with Crippen molar-refractivity contribution >= 4 is 16.5 Å². The second kappa shape index (κ2) is 2.98. The Balaban J connectivity index is 2.74. The molecule has 1 aromatic heterocycles. The molecule has 0 amide bonds. The van der Waals surface area contributed by atoms with Crippen LogP contribution in [0, 0.1) is 0 Å². The Morgan fingerprint density at radius 1 is 1.80 bits per heavy atom. The zero-order chi connectivity index (χ0) is 7.56. The number of rotatable bonds is 2. The summed E-state index contributed by atoms with van der Waals surface area (Å²) in [5, 5.41) is 2.50. The van der Waals surface area contributed by atoms with E-state index >= 15 is 0 Å². The summed E-state index contributed by atoms with van der Waals surface area (Å²) < 4.78 is 5.04. The van der Waals surface area contributed by atoms with E-state index in [-0.39, 0.29) is 6.10 Å². The SMILES string of the molecule is COC(C)c1csc(N)n1. The van der Waals surface area contributed by atoms with E-state index in [2.05, 4.69) is 4.98 Å². The Bertz CT molecular complexity index is 211. The lowest BCUT2D eigenvalue weighted by atomic mass is 10.3. The maximum atomic E-state index is 5.42. The van der Waals surface area contributed by atoms with Crippen LogP contribution in [0.15, 0.2) is 5.38 Å². The molecule has 0 aliphatic rings. The minimum absolute atomic E-state index is 0.0496. The molecule has 1 heterocycles. The van der Waals surface area contributed by atoms with Gasteiger partial charge in [-0.3, -0.25) is 0 Å². The molecule has 0 spiro atoms. The highest BCUT2D eigenvalue weighted by molar-refractivity contribution is 7.13. The summed E-state index contributed by atoms with van der Waals surface area (Å²) in [5.74, 6) is 0. The summed E-state index contributed by atoms with van der Waals surface area (Å²) >= 11 is 1.43. The smallest absolute Gasteiger partial charge is 0.180 e. The summed E-state index contributed by atoms with van der Waals surface area (Å²) in [6.45, 7) is 1.94. The minimum Gasteiger partial charge on any atom is -0.375 e. The third-order valence-electron chi connectivity index (χ3n) is 1.31. The van der Waals surface area contributed by atoms with E-state index in [1.807, 2.05) is 12.3 Å². The topological polar surface area (TPSA) is 48.1 Å². The van der Waals surface area contributed by atoms with Gasteiger partial charge in [0.25, 0.3) is 0 Å². The van der Waals surface area contributed by atoms with Gasteiger partial charge in [-0.25, -0.2) is 4.98 Å². The van der Waals surface area contributed by atoms with Gasteiger partial charge in [0.05, 0.1) is 11.8 Å². The van der Waals surface area contributed by atoms with Crippen molar-refractivity contribution in [3.63, 3.8) is 0 Å². The maximum absolute atomic E-state index is 5.42. The van der Waals surface area contributed by atoms with Crippen LogP contribution in [0.4, 0.5) is 5.13 Å². The van der Waals surface area contributed by atoms with E-state index < -0.39 is 0 Å². The highest BCUT2D eigenvalue weighted by Gasteiger charge is 2.06. The first-order valence-electron chi connectivity index (χ1n) is 2.97. The first-order valence-corrected chi connectivity index (χ1v) is 3.85. The molecule has 0 bridgehead atoms. The summed E-state index contributed by atoms with van der Waals surface area (Å²) in [6.07, 6.45) is 0.0496. The molecule has 1 aromatic rings. The molecule has 0 saturated heterocycles. The van der Waals surface area contributed by atoms with Gasteiger partial charge in [-0.1, -0.05) is 0 Å². The zero-order valence-electron chi connectivity index (χ0n) is 6.00. The third kappa shape index (κ3) is 1.46. The van der Waals surface area contributed by atoms with Crippen LogP contribution >= 0.6 is 11.3 Å². The molecular formula is C6H10N2OS. The number of ether oxygens (including phenoxy) is 1. The van der Waals surface area contributed by atoms with Gasteiger partial charge in [-0.2, -0.15) is 0 Å². The van der Waals surface area contributed by atoms with Crippen LogP contribution in [0.1, 0.15) is 18.7 Å². The molecule has 2 N–H and O–H groups in total. The quantitative estimate of drug-likeness (QED) is 0.708. The van der Waals surface area contributed by atoms with Gasteiger partial charge in [0, 0.05) is 12.5 Å².